The number of piperidine rings is 1. The maximum absolute atomic E-state index is 12.4. The molecule has 5 heteroatoms. The summed E-state index contributed by atoms with van der Waals surface area (Å²) in [5.74, 6) is -0.508. The van der Waals surface area contributed by atoms with Crippen LogP contribution in [0.25, 0.3) is 0 Å². The Morgan fingerprint density at radius 1 is 1.40 bits per heavy atom. The summed E-state index contributed by atoms with van der Waals surface area (Å²) in [5.41, 5.74) is -1.06. The molecule has 0 spiro atoms. The lowest BCUT2D eigenvalue weighted by Gasteiger charge is -2.36. The number of rotatable bonds is 6. The van der Waals surface area contributed by atoms with Crippen LogP contribution in [0.5, 0.6) is 0 Å². The molecule has 1 unspecified atom stereocenters. The zero-order chi connectivity index (χ0) is 15.3. The first-order chi connectivity index (χ1) is 9.28. The standard InChI is InChI=1S/C15H28N2O3/c1-6-20-14(19)15(2,3)13(18)11-17(5)12-8-7-9-16(4)10-12/h12H,6-11H2,1-5H3. The van der Waals surface area contributed by atoms with Crippen molar-refractivity contribution in [3.05, 3.63) is 0 Å². The quantitative estimate of drug-likeness (QED) is 0.541. The Labute approximate surface area is 122 Å². The Bertz CT molecular complexity index is 355. The van der Waals surface area contributed by atoms with Gasteiger partial charge in [-0.15, -0.1) is 0 Å². The summed E-state index contributed by atoms with van der Waals surface area (Å²) in [6.45, 7) is 7.74. The fourth-order valence-electron chi connectivity index (χ4n) is 2.48. The first kappa shape index (κ1) is 17.1. The van der Waals surface area contributed by atoms with E-state index < -0.39 is 11.4 Å². The number of hydrogen-bond acceptors (Lipinski definition) is 5. The molecule has 1 atom stereocenters. The van der Waals surface area contributed by atoms with Crippen LogP contribution in [0.1, 0.15) is 33.6 Å². The average Bonchev–Trinajstić information content (AvgIpc) is 2.38. The molecule has 1 rings (SSSR count). The van der Waals surface area contributed by atoms with Gasteiger partial charge in [-0.05, 0) is 54.3 Å². The van der Waals surface area contributed by atoms with E-state index in [2.05, 4.69) is 16.8 Å². The van der Waals surface area contributed by atoms with E-state index in [9.17, 15) is 9.59 Å². The molecule has 0 aromatic rings. The number of ether oxygens (including phenoxy) is 1. The van der Waals surface area contributed by atoms with E-state index in [0.717, 1.165) is 25.9 Å². The van der Waals surface area contributed by atoms with Gasteiger partial charge in [-0.1, -0.05) is 0 Å². The van der Waals surface area contributed by atoms with Gasteiger partial charge in [0, 0.05) is 12.6 Å². The van der Waals surface area contributed by atoms with Crippen LogP contribution in [-0.2, 0) is 14.3 Å². The van der Waals surface area contributed by atoms with E-state index in [0.29, 0.717) is 19.2 Å². The highest BCUT2D eigenvalue weighted by Crippen LogP contribution is 2.21. The Kier molecular flexibility index (Phi) is 6.14. The van der Waals surface area contributed by atoms with Crippen LogP contribution in [0.4, 0.5) is 0 Å². The minimum atomic E-state index is -1.06. The Morgan fingerprint density at radius 3 is 2.60 bits per heavy atom. The second kappa shape index (κ2) is 7.18. The van der Waals surface area contributed by atoms with Gasteiger partial charge in [0.2, 0.25) is 0 Å². The third-order valence-electron chi connectivity index (χ3n) is 4.10. The number of likely N-dealkylation sites (N-methyl/N-ethyl adjacent to an activating group) is 2. The van der Waals surface area contributed by atoms with E-state index in [1.54, 1.807) is 20.8 Å². The highest BCUT2D eigenvalue weighted by molar-refractivity contribution is 6.03. The van der Waals surface area contributed by atoms with Crippen molar-refractivity contribution >= 4 is 11.8 Å². The van der Waals surface area contributed by atoms with Crippen LogP contribution in [0.2, 0.25) is 0 Å². The molecule has 0 saturated carbocycles. The number of hydrogen-bond donors (Lipinski definition) is 0. The number of carbonyl (C=O) groups is 2. The van der Waals surface area contributed by atoms with Crippen LogP contribution < -0.4 is 0 Å². The zero-order valence-corrected chi connectivity index (χ0v) is 13.4. The van der Waals surface area contributed by atoms with Gasteiger partial charge in [0.1, 0.15) is 5.41 Å². The van der Waals surface area contributed by atoms with E-state index >= 15 is 0 Å². The molecule has 1 saturated heterocycles. The van der Waals surface area contributed by atoms with Crippen LogP contribution >= 0.6 is 0 Å². The normalized spacial score (nSPS) is 21.0. The summed E-state index contributed by atoms with van der Waals surface area (Å²) in [7, 11) is 4.06. The number of carbonyl (C=O) groups excluding carboxylic acids is 2. The molecular weight excluding hydrogens is 256 g/mol. The van der Waals surface area contributed by atoms with Crippen molar-refractivity contribution in [2.75, 3.05) is 40.3 Å². The maximum Gasteiger partial charge on any atom is 0.319 e. The van der Waals surface area contributed by atoms with E-state index in [4.69, 9.17) is 4.74 Å². The van der Waals surface area contributed by atoms with Gasteiger partial charge in [-0.2, -0.15) is 0 Å². The second-order valence-corrected chi connectivity index (χ2v) is 6.24. The van der Waals surface area contributed by atoms with Crippen molar-refractivity contribution < 1.29 is 14.3 Å². The number of nitrogens with zero attached hydrogens (tertiary/aromatic N) is 2. The molecule has 0 radical (unpaired) electrons. The molecule has 1 aliphatic rings. The van der Waals surface area contributed by atoms with Gasteiger partial charge < -0.3 is 9.64 Å². The Balaban J connectivity index is 2.58. The summed E-state index contributed by atoms with van der Waals surface area (Å²) in [5, 5.41) is 0. The molecule has 0 aliphatic carbocycles. The van der Waals surface area contributed by atoms with E-state index in [1.807, 2.05) is 7.05 Å². The second-order valence-electron chi connectivity index (χ2n) is 6.24. The molecular formula is C15H28N2O3. The summed E-state index contributed by atoms with van der Waals surface area (Å²) in [6, 6.07) is 0.385. The Hall–Kier alpha value is -0.940. The van der Waals surface area contributed by atoms with Crippen LogP contribution in [-0.4, -0.2) is 67.9 Å². The van der Waals surface area contributed by atoms with Gasteiger partial charge in [0.15, 0.2) is 5.78 Å². The molecule has 0 bridgehead atoms. The minimum Gasteiger partial charge on any atom is -0.465 e. The molecule has 0 amide bonds. The van der Waals surface area contributed by atoms with E-state index in [1.165, 1.54) is 0 Å². The highest BCUT2D eigenvalue weighted by Gasteiger charge is 2.38. The lowest BCUT2D eigenvalue weighted by molar-refractivity contribution is -0.158. The van der Waals surface area contributed by atoms with Crippen molar-refractivity contribution in [2.24, 2.45) is 5.41 Å². The molecule has 116 valence electrons. The first-order valence-corrected chi connectivity index (χ1v) is 7.38. The van der Waals surface area contributed by atoms with Gasteiger partial charge in [0.25, 0.3) is 0 Å². The van der Waals surface area contributed by atoms with Crippen molar-refractivity contribution in [3.63, 3.8) is 0 Å². The first-order valence-electron chi connectivity index (χ1n) is 7.38. The molecule has 1 heterocycles. The number of likely N-dealkylation sites (tertiary alicyclic amines) is 1. The topological polar surface area (TPSA) is 49.9 Å². The average molecular weight is 284 g/mol. The van der Waals surface area contributed by atoms with E-state index in [-0.39, 0.29) is 5.78 Å². The lowest BCUT2D eigenvalue weighted by Crippen LogP contribution is -2.49. The highest BCUT2D eigenvalue weighted by atomic mass is 16.5. The van der Waals surface area contributed by atoms with Crippen LogP contribution in [0, 0.1) is 5.41 Å². The summed E-state index contributed by atoms with van der Waals surface area (Å²) >= 11 is 0. The number of Topliss-reactive ketones (excluding diaryl/α,β-unsaturated/α-hetero) is 1. The van der Waals surface area contributed by atoms with Gasteiger partial charge >= 0.3 is 5.97 Å². The summed E-state index contributed by atoms with van der Waals surface area (Å²) < 4.78 is 4.99. The van der Waals surface area contributed by atoms with Crippen molar-refractivity contribution in [1.82, 2.24) is 9.80 Å². The zero-order valence-electron chi connectivity index (χ0n) is 13.4. The maximum atomic E-state index is 12.4. The van der Waals surface area contributed by atoms with Crippen LogP contribution in [0.15, 0.2) is 0 Å². The molecule has 0 aromatic heterocycles. The predicted octanol–water partition coefficient (Wildman–Crippen LogP) is 1.17. The third-order valence-corrected chi connectivity index (χ3v) is 4.10. The molecule has 1 aliphatic heterocycles. The molecule has 1 fully saturated rings. The van der Waals surface area contributed by atoms with Gasteiger partial charge in [-0.25, -0.2) is 0 Å². The monoisotopic (exact) mass is 284 g/mol. The fraction of sp³-hybridized carbons (Fsp3) is 0.867. The van der Waals surface area contributed by atoms with Crippen molar-refractivity contribution in [3.8, 4) is 0 Å². The number of esters is 1. The summed E-state index contributed by atoms with van der Waals surface area (Å²) in [4.78, 5) is 28.6. The van der Waals surface area contributed by atoms with Gasteiger partial charge in [-0.3, -0.25) is 14.5 Å². The van der Waals surface area contributed by atoms with Crippen molar-refractivity contribution in [2.45, 2.75) is 39.7 Å². The fourth-order valence-corrected chi connectivity index (χ4v) is 2.48. The lowest BCUT2D eigenvalue weighted by atomic mass is 9.87. The SMILES string of the molecule is CCOC(=O)C(C)(C)C(=O)CN(C)C1CCCN(C)C1. The largest absolute Gasteiger partial charge is 0.465 e. The van der Waals surface area contributed by atoms with Gasteiger partial charge in [0.05, 0.1) is 13.2 Å². The smallest absolute Gasteiger partial charge is 0.319 e. The third kappa shape index (κ3) is 4.28. The number of ketones is 1. The predicted molar refractivity (Wildman–Crippen MR) is 78.6 cm³/mol. The molecule has 5 nitrogen and oxygen atoms in total. The van der Waals surface area contributed by atoms with Crippen LogP contribution in [0.3, 0.4) is 0 Å². The molecule has 0 aromatic carbocycles. The molecule has 0 N–H and O–H groups in total. The Morgan fingerprint density at radius 2 is 2.05 bits per heavy atom. The summed E-state index contributed by atoms with van der Waals surface area (Å²) in [6.07, 6.45) is 2.26. The molecule has 20 heavy (non-hydrogen) atoms. The van der Waals surface area contributed by atoms with Crippen molar-refractivity contribution in [1.29, 1.82) is 0 Å². The minimum absolute atomic E-state index is 0.0772.